The number of hydrogen-bond donors (Lipinski definition) is 2. The molecule has 2 amide bonds. The predicted octanol–water partition coefficient (Wildman–Crippen LogP) is 2.90. The van der Waals surface area contributed by atoms with Crippen molar-refractivity contribution in [2.75, 3.05) is 11.9 Å². The number of nitrogens with one attached hydrogen (secondary N) is 2. The van der Waals surface area contributed by atoms with Gasteiger partial charge < -0.3 is 15.4 Å². The van der Waals surface area contributed by atoms with Gasteiger partial charge in [-0.25, -0.2) is 4.39 Å². The number of alkyl halides is 2. The van der Waals surface area contributed by atoms with Crippen LogP contribution in [0, 0.1) is 11.7 Å². The van der Waals surface area contributed by atoms with E-state index in [2.05, 4.69) is 15.4 Å². The molecule has 1 aliphatic rings. The lowest BCUT2D eigenvalue weighted by molar-refractivity contribution is -0.130. The molecule has 0 aromatic heterocycles. The summed E-state index contributed by atoms with van der Waals surface area (Å²) in [4.78, 5) is 24.6. The quantitative estimate of drug-likeness (QED) is 0.802. The molecule has 0 spiro atoms. The second kappa shape index (κ2) is 7.47. The fourth-order valence-corrected chi connectivity index (χ4v) is 2.90. The summed E-state index contributed by atoms with van der Waals surface area (Å²) in [6, 6.07) is 11.4. The average Bonchev–Trinajstić information content (AvgIpc) is 2.99. The van der Waals surface area contributed by atoms with Crippen molar-refractivity contribution in [3.05, 3.63) is 59.9 Å². The summed E-state index contributed by atoms with van der Waals surface area (Å²) >= 11 is 0. The standard InChI is InChI=1S/C18H15F3N2O3/c19-13-3-1-2-4-14(13)23-17(25)15-12(9-22-16(15)24)10-5-7-11(8-6-10)26-18(20)21/h1-8,12,15,18H,9H2,(H,22,24)(H,23,25)/t12-,15-/m1/s1. The van der Waals surface area contributed by atoms with Gasteiger partial charge >= 0.3 is 6.61 Å². The van der Waals surface area contributed by atoms with Gasteiger partial charge in [-0.2, -0.15) is 8.78 Å². The molecule has 2 N–H and O–H groups in total. The number of ether oxygens (including phenoxy) is 1. The monoisotopic (exact) mass is 364 g/mol. The maximum atomic E-state index is 13.7. The smallest absolute Gasteiger partial charge is 0.387 e. The Morgan fingerprint density at radius 2 is 1.85 bits per heavy atom. The van der Waals surface area contributed by atoms with Gasteiger partial charge in [0.15, 0.2) is 0 Å². The number of anilines is 1. The van der Waals surface area contributed by atoms with Crippen LogP contribution in [0.2, 0.25) is 0 Å². The van der Waals surface area contributed by atoms with Crippen molar-refractivity contribution < 1.29 is 27.5 Å². The van der Waals surface area contributed by atoms with Crippen LogP contribution in [0.3, 0.4) is 0 Å². The molecule has 2 atom stereocenters. The second-order valence-corrected chi connectivity index (χ2v) is 5.75. The van der Waals surface area contributed by atoms with Gasteiger partial charge in [-0.05, 0) is 29.8 Å². The first kappa shape index (κ1) is 17.8. The van der Waals surface area contributed by atoms with E-state index in [1.807, 2.05) is 0 Å². The van der Waals surface area contributed by atoms with Gasteiger partial charge in [-0.3, -0.25) is 9.59 Å². The maximum absolute atomic E-state index is 13.7. The van der Waals surface area contributed by atoms with Gasteiger partial charge in [-0.1, -0.05) is 24.3 Å². The van der Waals surface area contributed by atoms with Gasteiger partial charge in [0.25, 0.3) is 0 Å². The Balaban J connectivity index is 1.78. The molecule has 26 heavy (non-hydrogen) atoms. The van der Waals surface area contributed by atoms with Crippen molar-refractivity contribution in [2.24, 2.45) is 5.92 Å². The maximum Gasteiger partial charge on any atom is 0.387 e. The van der Waals surface area contributed by atoms with E-state index in [0.717, 1.165) is 0 Å². The Bertz CT molecular complexity index is 812. The van der Waals surface area contributed by atoms with Crippen molar-refractivity contribution in [3.63, 3.8) is 0 Å². The minimum atomic E-state index is -2.94. The lowest BCUT2D eigenvalue weighted by Crippen LogP contribution is -2.32. The third-order valence-corrected chi connectivity index (χ3v) is 4.13. The fraction of sp³-hybridized carbons (Fsp3) is 0.222. The molecule has 1 heterocycles. The molecule has 1 fully saturated rings. The first-order chi connectivity index (χ1) is 12.5. The normalized spacial score (nSPS) is 19.3. The van der Waals surface area contributed by atoms with Crippen molar-refractivity contribution in [3.8, 4) is 5.75 Å². The Morgan fingerprint density at radius 3 is 2.50 bits per heavy atom. The van der Waals surface area contributed by atoms with Crippen LogP contribution in [-0.4, -0.2) is 25.0 Å². The number of para-hydroxylation sites is 1. The second-order valence-electron chi connectivity index (χ2n) is 5.75. The van der Waals surface area contributed by atoms with Crippen LogP contribution in [0.15, 0.2) is 48.5 Å². The third-order valence-electron chi connectivity index (χ3n) is 4.13. The Morgan fingerprint density at radius 1 is 1.15 bits per heavy atom. The highest BCUT2D eigenvalue weighted by Gasteiger charge is 2.41. The van der Waals surface area contributed by atoms with Gasteiger partial charge in [0.1, 0.15) is 17.5 Å². The molecular weight excluding hydrogens is 349 g/mol. The van der Waals surface area contributed by atoms with Gasteiger partial charge in [-0.15, -0.1) is 0 Å². The summed E-state index contributed by atoms with van der Waals surface area (Å²) in [5, 5.41) is 5.02. The lowest BCUT2D eigenvalue weighted by atomic mass is 9.88. The predicted molar refractivity (Wildman–Crippen MR) is 87.3 cm³/mol. The van der Waals surface area contributed by atoms with E-state index >= 15 is 0 Å². The summed E-state index contributed by atoms with van der Waals surface area (Å²) in [5.74, 6) is -3.30. The first-order valence-electron chi connectivity index (χ1n) is 7.83. The van der Waals surface area contributed by atoms with Gasteiger partial charge in [0.05, 0.1) is 5.69 Å². The van der Waals surface area contributed by atoms with Crippen LogP contribution in [0.5, 0.6) is 5.75 Å². The van der Waals surface area contributed by atoms with E-state index in [0.29, 0.717) is 5.56 Å². The van der Waals surface area contributed by atoms with Gasteiger partial charge in [0.2, 0.25) is 11.8 Å². The van der Waals surface area contributed by atoms with Crippen LogP contribution in [0.25, 0.3) is 0 Å². The number of carbonyl (C=O) groups is 2. The summed E-state index contributed by atoms with van der Waals surface area (Å²) < 4.78 is 42.4. The highest BCUT2D eigenvalue weighted by Crippen LogP contribution is 2.31. The van der Waals surface area contributed by atoms with Crippen LogP contribution >= 0.6 is 0 Å². The van der Waals surface area contributed by atoms with Gasteiger partial charge in [0, 0.05) is 12.5 Å². The first-order valence-corrected chi connectivity index (χ1v) is 7.83. The zero-order valence-corrected chi connectivity index (χ0v) is 13.4. The molecule has 1 saturated heterocycles. The van der Waals surface area contributed by atoms with E-state index in [1.165, 1.54) is 42.5 Å². The lowest BCUT2D eigenvalue weighted by Gasteiger charge is -2.17. The summed E-state index contributed by atoms with van der Waals surface area (Å²) in [6.07, 6.45) is 0. The number of rotatable bonds is 5. The topological polar surface area (TPSA) is 67.4 Å². The van der Waals surface area contributed by atoms with Crippen molar-refractivity contribution in [2.45, 2.75) is 12.5 Å². The third kappa shape index (κ3) is 3.79. The van der Waals surface area contributed by atoms with E-state index in [4.69, 9.17) is 0 Å². The van der Waals surface area contributed by atoms with Crippen molar-refractivity contribution >= 4 is 17.5 Å². The Hall–Kier alpha value is -3.03. The molecule has 3 rings (SSSR count). The van der Waals surface area contributed by atoms with Crippen LogP contribution in [-0.2, 0) is 9.59 Å². The molecule has 8 heteroatoms. The van der Waals surface area contributed by atoms with E-state index < -0.39 is 36.1 Å². The minimum Gasteiger partial charge on any atom is -0.435 e. The SMILES string of the molecule is O=C1NC[C@H](c2ccc(OC(F)F)cc2)[C@H]1C(=O)Nc1ccccc1F. The molecule has 136 valence electrons. The van der Waals surface area contributed by atoms with Crippen molar-refractivity contribution in [1.29, 1.82) is 0 Å². The highest BCUT2D eigenvalue weighted by molar-refractivity contribution is 6.08. The zero-order chi connectivity index (χ0) is 18.7. The average molecular weight is 364 g/mol. The summed E-state index contributed by atoms with van der Waals surface area (Å²) in [6.45, 7) is -2.72. The molecule has 1 aliphatic heterocycles. The highest BCUT2D eigenvalue weighted by atomic mass is 19.3. The number of carbonyl (C=O) groups excluding carboxylic acids is 2. The number of amides is 2. The molecule has 0 radical (unpaired) electrons. The number of hydrogen-bond acceptors (Lipinski definition) is 3. The van der Waals surface area contributed by atoms with E-state index in [-0.39, 0.29) is 18.0 Å². The molecule has 0 bridgehead atoms. The molecule has 0 aliphatic carbocycles. The Labute approximate surface area is 147 Å². The number of benzene rings is 2. The molecule has 2 aromatic carbocycles. The fourth-order valence-electron chi connectivity index (χ4n) is 2.90. The van der Waals surface area contributed by atoms with Crippen LogP contribution in [0.4, 0.5) is 18.9 Å². The summed E-state index contributed by atoms with van der Waals surface area (Å²) in [7, 11) is 0. The van der Waals surface area contributed by atoms with Crippen molar-refractivity contribution in [1.82, 2.24) is 5.32 Å². The minimum absolute atomic E-state index is 0.0170. The Kier molecular flexibility index (Phi) is 5.11. The molecule has 0 saturated carbocycles. The zero-order valence-electron chi connectivity index (χ0n) is 13.4. The van der Waals surface area contributed by atoms with E-state index in [1.54, 1.807) is 6.07 Å². The molecule has 0 unspecified atom stereocenters. The van der Waals surface area contributed by atoms with Crippen LogP contribution < -0.4 is 15.4 Å². The van der Waals surface area contributed by atoms with Crippen LogP contribution in [0.1, 0.15) is 11.5 Å². The van der Waals surface area contributed by atoms with E-state index in [9.17, 15) is 22.8 Å². The molecular formula is C18H15F3N2O3. The molecule has 2 aromatic rings. The summed E-state index contributed by atoms with van der Waals surface area (Å²) in [5.41, 5.74) is 0.593. The largest absolute Gasteiger partial charge is 0.435 e. The number of halogens is 3. The molecule has 5 nitrogen and oxygen atoms in total.